The quantitative estimate of drug-likeness (QED) is 0.806. The van der Waals surface area contributed by atoms with Gasteiger partial charge in [0, 0.05) is 13.2 Å². The summed E-state index contributed by atoms with van der Waals surface area (Å²) in [5, 5.41) is 0.701. The summed E-state index contributed by atoms with van der Waals surface area (Å²) in [6.07, 6.45) is 2.17. The number of rotatable bonds is 3. The summed E-state index contributed by atoms with van der Waals surface area (Å²) in [6.45, 7) is 4.48. The minimum Gasteiger partial charge on any atom is -0.492 e. The van der Waals surface area contributed by atoms with Crippen LogP contribution in [0, 0.1) is 12.8 Å². The Morgan fingerprint density at radius 1 is 1.38 bits per heavy atom. The molecule has 1 saturated heterocycles. The zero-order valence-electron chi connectivity index (χ0n) is 9.54. The molecule has 0 N–H and O–H groups in total. The Bertz CT molecular complexity index is 346. The van der Waals surface area contributed by atoms with E-state index in [0.717, 1.165) is 44.0 Å². The number of ether oxygens (including phenoxy) is 2. The molecule has 0 aromatic heterocycles. The third kappa shape index (κ3) is 3.13. The van der Waals surface area contributed by atoms with Gasteiger partial charge in [-0.3, -0.25) is 0 Å². The van der Waals surface area contributed by atoms with E-state index in [1.54, 1.807) is 0 Å². The highest BCUT2D eigenvalue weighted by Gasteiger charge is 2.14. The third-order valence-corrected chi connectivity index (χ3v) is 3.20. The SMILES string of the molecule is Cc1ccc(OCC2CCOCC2)c(Cl)c1. The van der Waals surface area contributed by atoms with Crippen molar-refractivity contribution in [3.8, 4) is 5.75 Å². The van der Waals surface area contributed by atoms with Gasteiger partial charge >= 0.3 is 0 Å². The average Bonchev–Trinajstić information content (AvgIpc) is 2.29. The van der Waals surface area contributed by atoms with Crippen LogP contribution < -0.4 is 4.74 Å². The second-order valence-corrected chi connectivity index (χ2v) is 4.71. The zero-order chi connectivity index (χ0) is 11.4. The normalized spacial score (nSPS) is 17.4. The fraction of sp³-hybridized carbons (Fsp3) is 0.538. The maximum absolute atomic E-state index is 6.10. The number of aryl methyl sites for hydroxylation is 1. The fourth-order valence-electron chi connectivity index (χ4n) is 1.84. The van der Waals surface area contributed by atoms with Crippen molar-refractivity contribution in [2.24, 2.45) is 5.92 Å². The van der Waals surface area contributed by atoms with E-state index in [1.165, 1.54) is 0 Å². The Hall–Kier alpha value is -0.730. The minimum atomic E-state index is 0.603. The number of halogens is 1. The second-order valence-electron chi connectivity index (χ2n) is 4.30. The first-order valence-electron chi connectivity index (χ1n) is 5.72. The van der Waals surface area contributed by atoms with Gasteiger partial charge in [0.15, 0.2) is 0 Å². The van der Waals surface area contributed by atoms with Gasteiger partial charge < -0.3 is 9.47 Å². The average molecular weight is 241 g/mol. The molecule has 0 saturated carbocycles. The van der Waals surface area contributed by atoms with Crippen LogP contribution in [0.25, 0.3) is 0 Å². The largest absolute Gasteiger partial charge is 0.492 e. The molecule has 1 aliphatic heterocycles. The molecule has 1 aliphatic rings. The predicted octanol–water partition coefficient (Wildman–Crippen LogP) is 3.45. The van der Waals surface area contributed by atoms with E-state index < -0.39 is 0 Å². The Morgan fingerprint density at radius 3 is 2.81 bits per heavy atom. The molecular formula is C13H17ClO2. The Kier molecular flexibility index (Phi) is 4.08. The number of hydrogen-bond donors (Lipinski definition) is 0. The molecule has 2 rings (SSSR count). The number of hydrogen-bond acceptors (Lipinski definition) is 2. The lowest BCUT2D eigenvalue weighted by molar-refractivity contribution is 0.0498. The van der Waals surface area contributed by atoms with Crippen molar-refractivity contribution in [2.45, 2.75) is 19.8 Å². The lowest BCUT2D eigenvalue weighted by Gasteiger charge is -2.22. The van der Waals surface area contributed by atoms with Crippen molar-refractivity contribution in [3.05, 3.63) is 28.8 Å². The highest BCUT2D eigenvalue weighted by atomic mass is 35.5. The summed E-state index contributed by atoms with van der Waals surface area (Å²) in [5.74, 6) is 1.39. The maximum Gasteiger partial charge on any atom is 0.137 e. The van der Waals surface area contributed by atoms with E-state index in [4.69, 9.17) is 21.1 Å². The van der Waals surface area contributed by atoms with Crippen molar-refractivity contribution in [1.29, 1.82) is 0 Å². The van der Waals surface area contributed by atoms with E-state index >= 15 is 0 Å². The summed E-state index contributed by atoms with van der Waals surface area (Å²) >= 11 is 6.10. The molecule has 0 bridgehead atoms. The molecule has 1 heterocycles. The van der Waals surface area contributed by atoms with Crippen LogP contribution in [-0.4, -0.2) is 19.8 Å². The smallest absolute Gasteiger partial charge is 0.137 e. The van der Waals surface area contributed by atoms with E-state index in [-0.39, 0.29) is 0 Å². The summed E-state index contributed by atoms with van der Waals surface area (Å²) in [5.41, 5.74) is 1.16. The van der Waals surface area contributed by atoms with Gasteiger partial charge in [0.2, 0.25) is 0 Å². The van der Waals surface area contributed by atoms with Crippen molar-refractivity contribution in [2.75, 3.05) is 19.8 Å². The highest BCUT2D eigenvalue weighted by Crippen LogP contribution is 2.26. The Morgan fingerprint density at radius 2 is 2.12 bits per heavy atom. The Balaban J connectivity index is 1.88. The van der Waals surface area contributed by atoms with E-state index in [2.05, 4.69) is 0 Å². The molecule has 0 atom stereocenters. The molecule has 16 heavy (non-hydrogen) atoms. The van der Waals surface area contributed by atoms with Crippen LogP contribution in [0.5, 0.6) is 5.75 Å². The van der Waals surface area contributed by atoms with Gasteiger partial charge in [-0.05, 0) is 43.4 Å². The van der Waals surface area contributed by atoms with Gasteiger partial charge in [-0.15, -0.1) is 0 Å². The van der Waals surface area contributed by atoms with Crippen molar-refractivity contribution in [3.63, 3.8) is 0 Å². The molecular weight excluding hydrogens is 224 g/mol. The molecule has 1 aromatic carbocycles. The molecule has 0 amide bonds. The second kappa shape index (κ2) is 5.55. The van der Waals surface area contributed by atoms with Gasteiger partial charge in [-0.2, -0.15) is 0 Å². The van der Waals surface area contributed by atoms with Crippen LogP contribution in [0.2, 0.25) is 5.02 Å². The van der Waals surface area contributed by atoms with Gasteiger partial charge in [-0.25, -0.2) is 0 Å². The van der Waals surface area contributed by atoms with Crippen LogP contribution in [0.15, 0.2) is 18.2 Å². The maximum atomic E-state index is 6.10. The van der Waals surface area contributed by atoms with Gasteiger partial charge in [0.05, 0.1) is 11.6 Å². The molecule has 1 aromatic rings. The highest BCUT2D eigenvalue weighted by molar-refractivity contribution is 6.32. The van der Waals surface area contributed by atoms with Crippen molar-refractivity contribution < 1.29 is 9.47 Å². The van der Waals surface area contributed by atoms with Crippen molar-refractivity contribution in [1.82, 2.24) is 0 Å². The van der Waals surface area contributed by atoms with Crippen LogP contribution in [0.1, 0.15) is 18.4 Å². The van der Waals surface area contributed by atoms with Crippen LogP contribution >= 0.6 is 11.6 Å². The minimum absolute atomic E-state index is 0.603. The molecule has 0 unspecified atom stereocenters. The lowest BCUT2D eigenvalue weighted by atomic mass is 10.0. The standard InChI is InChI=1S/C13H17ClO2/c1-10-2-3-13(12(14)8-10)16-9-11-4-6-15-7-5-11/h2-3,8,11H,4-7,9H2,1H3. The van der Waals surface area contributed by atoms with Gasteiger partial charge in [0.25, 0.3) is 0 Å². The molecule has 0 spiro atoms. The van der Waals surface area contributed by atoms with E-state index in [0.29, 0.717) is 10.9 Å². The number of benzene rings is 1. The first kappa shape index (κ1) is 11.7. The van der Waals surface area contributed by atoms with E-state index in [9.17, 15) is 0 Å². The lowest BCUT2D eigenvalue weighted by Crippen LogP contribution is -2.21. The first-order chi connectivity index (χ1) is 7.75. The van der Waals surface area contributed by atoms with Crippen LogP contribution in [-0.2, 0) is 4.74 Å². The molecule has 3 heteroatoms. The van der Waals surface area contributed by atoms with Gasteiger partial charge in [0.1, 0.15) is 5.75 Å². The summed E-state index contributed by atoms with van der Waals surface area (Å²) in [4.78, 5) is 0. The molecule has 0 radical (unpaired) electrons. The van der Waals surface area contributed by atoms with Gasteiger partial charge in [-0.1, -0.05) is 17.7 Å². The van der Waals surface area contributed by atoms with E-state index in [1.807, 2.05) is 25.1 Å². The molecule has 0 aliphatic carbocycles. The zero-order valence-corrected chi connectivity index (χ0v) is 10.3. The summed E-state index contributed by atoms with van der Waals surface area (Å²) in [7, 11) is 0. The topological polar surface area (TPSA) is 18.5 Å². The predicted molar refractivity (Wildman–Crippen MR) is 65.2 cm³/mol. The first-order valence-corrected chi connectivity index (χ1v) is 6.10. The van der Waals surface area contributed by atoms with Crippen molar-refractivity contribution >= 4 is 11.6 Å². The molecule has 1 fully saturated rings. The Labute approximate surface area is 102 Å². The van der Waals surface area contributed by atoms with Crippen LogP contribution in [0.3, 0.4) is 0 Å². The fourth-order valence-corrected chi connectivity index (χ4v) is 2.13. The molecule has 88 valence electrons. The molecule has 2 nitrogen and oxygen atoms in total. The summed E-state index contributed by atoms with van der Waals surface area (Å²) < 4.78 is 11.1. The van der Waals surface area contributed by atoms with Crippen LogP contribution in [0.4, 0.5) is 0 Å². The summed E-state index contributed by atoms with van der Waals surface area (Å²) in [6, 6.07) is 5.89. The monoisotopic (exact) mass is 240 g/mol. The third-order valence-electron chi connectivity index (χ3n) is 2.90.